The summed E-state index contributed by atoms with van der Waals surface area (Å²) in [6.45, 7) is 5.86. The number of benzene rings is 1. The summed E-state index contributed by atoms with van der Waals surface area (Å²) in [5, 5.41) is 0. The van der Waals surface area contributed by atoms with Crippen LogP contribution in [0.2, 0.25) is 0 Å². The van der Waals surface area contributed by atoms with Crippen LogP contribution in [-0.2, 0) is 6.54 Å². The van der Waals surface area contributed by atoms with Crippen molar-refractivity contribution >= 4 is 0 Å². The highest BCUT2D eigenvalue weighted by atomic mass is 16.5. The van der Waals surface area contributed by atoms with Crippen molar-refractivity contribution in [2.75, 3.05) is 26.8 Å². The van der Waals surface area contributed by atoms with Crippen LogP contribution >= 0.6 is 0 Å². The van der Waals surface area contributed by atoms with Crippen molar-refractivity contribution in [3.63, 3.8) is 0 Å². The van der Waals surface area contributed by atoms with Gasteiger partial charge in [0.05, 0.1) is 13.7 Å². The van der Waals surface area contributed by atoms with Gasteiger partial charge in [-0.2, -0.15) is 0 Å². The Labute approximate surface area is 121 Å². The minimum Gasteiger partial charge on any atom is -0.493 e. The Morgan fingerprint density at radius 3 is 2.70 bits per heavy atom. The predicted molar refractivity (Wildman–Crippen MR) is 81.3 cm³/mol. The third-order valence-electron chi connectivity index (χ3n) is 3.76. The topological polar surface area (TPSA) is 47.7 Å². The number of likely N-dealkylation sites (tertiary alicyclic amines) is 1. The Balaban J connectivity index is 2.09. The molecule has 0 spiro atoms. The molecule has 112 valence electrons. The standard InChI is InChI=1S/C16H26N2O2/c1-3-11-20-16-13(5-4-6-15(16)19-2)12-18-9-7-14(17)8-10-18/h4-6,14H,3,7-12,17H2,1-2H3. The molecule has 20 heavy (non-hydrogen) atoms. The monoisotopic (exact) mass is 278 g/mol. The number of piperidine rings is 1. The predicted octanol–water partition coefficient (Wildman–Crippen LogP) is 2.41. The number of hydrogen-bond acceptors (Lipinski definition) is 4. The Hall–Kier alpha value is -1.26. The van der Waals surface area contributed by atoms with E-state index in [2.05, 4.69) is 17.9 Å². The molecule has 0 aliphatic carbocycles. The van der Waals surface area contributed by atoms with Crippen LogP contribution in [-0.4, -0.2) is 37.7 Å². The number of rotatable bonds is 6. The molecule has 4 heteroatoms. The summed E-state index contributed by atoms with van der Waals surface area (Å²) >= 11 is 0. The molecule has 0 radical (unpaired) electrons. The maximum atomic E-state index is 5.96. The van der Waals surface area contributed by atoms with Crippen molar-refractivity contribution < 1.29 is 9.47 Å². The molecule has 0 bridgehead atoms. The van der Waals surface area contributed by atoms with Crippen molar-refractivity contribution in [1.29, 1.82) is 0 Å². The summed E-state index contributed by atoms with van der Waals surface area (Å²) in [4.78, 5) is 2.44. The van der Waals surface area contributed by atoms with Gasteiger partial charge < -0.3 is 15.2 Å². The van der Waals surface area contributed by atoms with E-state index in [0.29, 0.717) is 6.04 Å². The summed E-state index contributed by atoms with van der Waals surface area (Å²) in [5.74, 6) is 1.72. The van der Waals surface area contributed by atoms with Gasteiger partial charge in [-0.05, 0) is 38.4 Å². The van der Waals surface area contributed by atoms with E-state index in [1.165, 1.54) is 5.56 Å². The molecule has 2 rings (SSSR count). The van der Waals surface area contributed by atoms with Gasteiger partial charge in [0.15, 0.2) is 11.5 Å². The molecule has 1 saturated heterocycles. The average Bonchev–Trinajstić information content (AvgIpc) is 2.48. The van der Waals surface area contributed by atoms with E-state index in [1.807, 2.05) is 12.1 Å². The second-order valence-corrected chi connectivity index (χ2v) is 5.41. The van der Waals surface area contributed by atoms with Crippen molar-refractivity contribution in [2.24, 2.45) is 5.73 Å². The maximum absolute atomic E-state index is 5.96. The summed E-state index contributed by atoms with van der Waals surface area (Å²) in [6.07, 6.45) is 3.15. The van der Waals surface area contributed by atoms with Crippen molar-refractivity contribution in [2.45, 2.75) is 38.8 Å². The molecule has 0 atom stereocenters. The van der Waals surface area contributed by atoms with Gasteiger partial charge in [0.1, 0.15) is 0 Å². The lowest BCUT2D eigenvalue weighted by molar-refractivity contribution is 0.200. The third-order valence-corrected chi connectivity index (χ3v) is 3.76. The first-order valence-corrected chi connectivity index (χ1v) is 7.51. The molecule has 1 aromatic carbocycles. The molecular formula is C16H26N2O2. The highest BCUT2D eigenvalue weighted by Crippen LogP contribution is 2.32. The van der Waals surface area contributed by atoms with E-state index in [1.54, 1.807) is 7.11 Å². The first kappa shape index (κ1) is 15.1. The lowest BCUT2D eigenvalue weighted by Crippen LogP contribution is -2.39. The molecule has 0 aromatic heterocycles. The van der Waals surface area contributed by atoms with Crippen LogP contribution in [0.25, 0.3) is 0 Å². The Morgan fingerprint density at radius 1 is 1.30 bits per heavy atom. The molecule has 1 aliphatic heterocycles. The zero-order chi connectivity index (χ0) is 14.4. The zero-order valence-electron chi connectivity index (χ0n) is 12.6. The fourth-order valence-corrected chi connectivity index (χ4v) is 2.57. The van der Waals surface area contributed by atoms with Crippen LogP contribution in [0.1, 0.15) is 31.7 Å². The van der Waals surface area contributed by atoms with Crippen LogP contribution < -0.4 is 15.2 Å². The van der Waals surface area contributed by atoms with Gasteiger partial charge in [-0.25, -0.2) is 0 Å². The number of nitrogens with two attached hydrogens (primary N) is 1. The van der Waals surface area contributed by atoms with E-state index in [4.69, 9.17) is 15.2 Å². The van der Waals surface area contributed by atoms with Gasteiger partial charge in [-0.3, -0.25) is 4.90 Å². The minimum atomic E-state index is 0.368. The van der Waals surface area contributed by atoms with Gasteiger partial charge in [0.2, 0.25) is 0 Å². The first-order valence-electron chi connectivity index (χ1n) is 7.51. The smallest absolute Gasteiger partial charge is 0.165 e. The van der Waals surface area contributed by atoms with E-state index >= 15 is 0 Å². The molecular weight excluding hydrogens is 252 g/mol. The summed E-state index contributed by atoms with van der Waals surface area (Å²) in [5.41, 5.74) is 7.16. The Bertz CT molecular complexity index is 415. The Morgan fingerprint density at radius 2 is 2.05 bits per heavy atom. The van der Waals surface area contributed by atoms with E-state index in [-0.39, 0.29) is 0 Å². The summed E-state index contributed by atoms with van der Waals surface area (Å²) < 4.78 is 11.3. The number of ether oxygens (including phenoxy) is 2. The SMILES string of the molecule is CCCOc1c(CN2CCC(N)CC2)cccc1OC. The fourth-order valence-electron chi connectivity index (χ4n) is 2.57. The molecule has 0 unspecified atom stereocenters. The summed E-state index contributed by atoms with van der Waals surface area (Å²) in [6, 6.07) is 6.48. The van der Waals surface area contributed by atoms with Crippen molar-refractivity contribution in [3.8, 4) is 11.5 Å². The number of hydrogen-bond donors (Lipinski definition) is 1. The molecule has 1 heterocycles. The number of para-hydroxylation sites is 1. The second kappa shape index (κ2) is 7.50. The highest BCUT2D eigenvalue weighted by molar-refractivity contribution is 5.46. The first-order chi connectivity index (χ1) is 9.74. The third kappa shape index (κ3) is 3.87. The summed E-state index contributed by atoms with van der Waals surface area (Å²) in [7, 11) is 1.69. The van der Waals surface area contributed by atoms with Crippen LogP contribution in [0.15, 0.2) is 18.2 Å². The van der Waals surface area contributed by atoms with Gasteiger partial charge in [0.25, 0.3) is 0 Å². The lowest BCUT2D eigenvalue weighted by Gasteiger charge is -2.30. The fraction of sp³-hybridized carbons (Fsp3) is 0.625. The van der Waals surface area contributed by atoms with E-state index in [9.17, 15) is 0 Å². The van der Waals surface area contributed by atoms with Crippen LogP contribution in [0.3, 0.4) is 0 Å². The second-order valence-electron chi connectivity index (χ2n) is 5.41. The van der Waals surface area contributed by atoms with Crippen LogP contribution in [0.5, 0.6) is 11.5 Å². The quantitative estimate of drug-likeness (QED) is 0.868. The number of methoxy groups -OCH3 is 1. The zero-order valence-corrected chi connectivity index (χ0v) is 12.6. The molecule has 2 N–H and O–H groups in total. The normalized spacial score (nSPS) is 17.1. The van der Waals surface area contributed by atoms with Gasteiger partial charge >= 0.3 is 0 Å². The lowest BCUT2D eigenvalue weighted by atomic mass is 10.0. The maximum Gasteiger partial charge on any atom is 0.165 e. The molecule has 1 aromatic rings. The molecule has 0 amide bonds. The largest absolute Gasteiger partial charge is 0.493 e. The Kier molecular flexibility index (Phi) is 5.68. The van der Waals surface area contributed by atoms with Gasteiger partial charge in [0, 0.05) is 18.2 Å². The van der Waals surface area contributed by atoms with Gasteiger partial charge in [-0.15, -0.1) is 0 Å². The average molecular weight is 278 g/mol. The van der Waals surface area contributed by atoms with Crippen LogP contribution in [0, 0.1) is 0 Å². The van der Waals surface area contributed by atoms with Crippen molar-refractivity contribution in [1.82, 2.24) is 4.90 Å². The van der Waals surface area contributed by atoms with Crippen molar-refractivity contribution in [3.05, 3.63) is 23.8 Å². The molecule has 4 nitrogen and oxygen atoms in total. The molecule has 1 fully saturated rings. The molecule has 1 aliphatic rings. The van der Waals surface area contributed by atoms with Crippen LogP contribution in [0.4, 0.5) is 0 Å². The highest BCUT2D eigenvalue weighted by Gasteiger charge is 2.18. The molecule has 0 saturated carbocycles. The minimum absolute atomic E-state index is 0.368. The van der Waals surface area contributed by atoms with E-state index < -0.39 is 0 Å². The van der Waals surface area contributed by atoms with Gasteiger partial charge in [-0.1, -0.05) is 19.1 Å². The number of nitrogens with zero attached hydrogens (tertiary/aromatic N) is 1. The van der Waals surface area contributed by atoms with E-state index in [0.717, 1.165) is 57.0 Å².